The van der Waals surface area contributed by atoms with Crippen LogP contribution in [0.15, 0.2) is 28.1 Å². The van der Waals surface area contributed by atoms with Gasteiger partial charge in [0.25, 0.3) is 0 Å². The Balaban J connectivity index is 1.53. The molecule has 120 valence electrons. The van der Waals surface area contributed by atoms with Crippen LogP contribution in [0.1, 0.15) is 19.0 Å². The topological polar surface area (TPSA) is 52.7 Å². The summed E-state index contributed by atoms with van der Waals surface area (Å²) in [5.74, 6) is 0.856. The van der Waals surface area contributed by atoms with Crippen LogP contribution in [0.4, 0.5) is 0 Å². The van der Waals surface area contributed by atoms with Gasteiger partial charge in [-0.05, 0) is 17.9 Å². The molecule has 1 atom stereocenters. The Hall–Kier alpha value is -1.21. The van der Waals surface area contributed by atoms with Gasteiger partial charge >= 0.3 is 0 Å². The number of rotatable bonds is 6. The first-order valence-corrected chi connectivity index (χ1v) is 8.75. The van der Waals surface area contributed by atoms with Gasteiger partial charge in [-0.2, -0.15) is 0 Å². The molecule has 3 rings (SSSR count). The van der Waals surface area contributed by atoms with Crippen LogP contribution in [0.2, 0.25) is 0 Å². The predicted molar refractivity (Wildman–Crippen MR) is 87.8 cm³/mol. The zero-order valence-electron chi connectivity index (χ0n) is 12.9. The maximum atomic E-state index is 9.40. The van der Waals surface area contributed by atoms with Gasteiger partial charge in [-0.3, -0.25) is 9.80 Å². The summed E-state index contributed by atoms with van der Waals surface area (Å²) in [6, 6.07) is 6.42. The van der Waals surface area contributed by atoms with Crippen LogP contribution in [-0.2, 0) is 6.54 Å². The van der Waals surface area contributed by atoms with Gasteiger partial charge in [0.2, 0.25) is 0 Å². The highest BCUT2D eigenvalue weighted by molar-refractivity contribution is 7.13. The highest BCUT2D eigenvalue weighted by Crippen LogP contribution is 2.25. The largest absolute Gasteiger partial charge is 0.395 e. The van der Waals surface area contributed by atoms with Crippen LogP contribution in [0.25, 0.3) is 10.6 Å². The SMILES string of the molecule is CCC(CO)N1CCN(Cc2cc(-c3cccs3)on2)CC1. The first-order valence-electron chi connectivity index (χ1n) is 7.87. The van der Waals surface area contributed by atoms with Crippen molar-refractivity contribution in [1.29, 1.82) is 0 Å². The van der Waals surface area contributed by atoms with E-state index in [0.29, 0.717) is 6.04 Å². The minimum absolute atomic E-state index is 0.254. The maximum absolute atomic E-state index is 9.40. The molecule has 0 bridgehead atoms. The molecular weight excluding hydrogens is 298 g/mol. The average Bonchev–Trinajstić information content (AvgIpc) is 3.21. The van der Waals surface area contributed by atoms with E-state index in [1.165, 1.54) is 0 Å². The average molecular weight is 321 g/mol. The fourth-order valence-corrected chi connectivity index (χ4v) is 3.61. The summed E-state index contributed by atoms with van der Waals surface area (Å²) >= 11 is 1.67. The van der Waals surface area contributed by atoms with Crippen LogP contribution in [-0.4, -0.2) is 58.9 Å². The van der Waals surface area contributed by atoms with Gasteiger partial charge in [-0.15, -0.1) is 11.3 Å². The third kappa shape index (κ3) is 3.57. The van der Waals surface area contributed by atoms with Crippen molar-refractivity contribution in [3.63, 3.8) is 0 Å². The van der Waals surface area contributed by atoms with Crippen LogP contribution in [0.5, 0.6) is 0 Å². The van der Waals surface area contributed by atoms with E-state index in [2.05, 4.69) is 21.9 Å². The Kier molecular flexibility index (Phi) is 5.25. The lowest BCUT2D eigenvalue weighted by Gasteiger charge is -2.38. The second kappa shape index (κ2) is 7.37. The molecule has 1 fully saturated rings. The highest BCUT2D eigenvalue weighted by Gasteiger charge is 2.23. The van der Waals surface area contributed by atoms with Crippen molar-refractivity contribution in [2.24, 2.45) is 0 Å². The zero-order valence-corrected chi connectivity index (χ0v) is 13.8. The van der Waals surface area contributed by atoms with Crippen LogP contribution in [0, 0.1) is 0 Å². The number of thiophene rings is 1. The van der Waals surface area contributed by atoms with Gasteiger partial charge in [-0.1, -0.05) is 18.1 Å². The van der Waals surface area contributed by atoms with Crippen molar-refractivity contribution in [3.05, 3.63) is 29.3 Å². The van der Waals surface area contributed by atoms with Crippen molar-refractivity contribution in [3.8, 4) is 10.6 Å². The lowest BCUT2D eigenvalue weighted by atomic mass is 10.1. The van der Waals surface area contributed by atoms with E-state index in [0.717, 1.165) is 55.5 Å². The quantitative estimate of drug-likeness (QED) is 0.885. The Bertz CT molecular complexity index is 558. The van der Waals surface area contributed by atoms with E-state index in [1.54, 1.807) is 11.3 Å². The lowest BCUT2D eigenvalue weighted by molar-refractivity contribution is 0.0600. The molecular formula is C16H23N3O2S. The van der Waals surface area contributed by atoms with Crippen molar-refractivity contribution < 1.29 is 9.63 Å². The number of hydrogen-bond acceptors (Lipinski definition) is 6. The number of piperazine rings is 1. The monoisotopic (exact) mass is 321 g/mol. The predicted octanol–water partition coefficient (Wildman–Crippen LogP) is 2.29. The van der Waals surface area contributed by atoms with E-state index in [1.807, 2.05) is 23.6 Å². The third-order valence-corrected chi connectivity index (χ3v) is 5.20. The molecule has 2 aromatic heterocycles. The molecule has 0 aliphatic carbocycles. The van der Waals surface area contributed by atoms with Crippen molar-refractivity contribution >= 4 is 11.3 Å². The van der Waals surface area contributed by atoms with Crippen molar-refractivity contribution in [2.75, 3.05) is 32.8 Å². The first kappa shape index (κ1) is 15.7. The molecule has 6 heteroatoms. The van der Waals surface area contributed by atoms with E-state index in [-0.39, 0.29) is 6.61 Å². The molecule has 3 heterocycles. The molecule has 1 N–H and O–H groups in total. The van der Waals surface area contributed by atoms with E-state index in [4.69, 9.17) is 4.52 Å². The Morgan fingerprint density at radius 1 is 1.36 bits per heavy atom. The van der Waals surface area contributed by atoms with Crippen molar-refractivity contribution in [2.45, 2.75) is 25.9 Å². The van der Waals surface area contributed by atoms with Gasteiger partial charge in [0.15, 0.2) is 5.76 Å². The standard InChI is InChI=1S/C16H23N3O2S/c1-2-14(12-20)19-7-5-18(6-8-19)11-13-10-15(21-17-13)16-4-3-9-22-16/h3-4,9-10,14,20H,2,5-8,11-12H2,1H3. The molecule has 0 spiro atoms. The van der Waals surface area contributed by atoms with Crippen LogP contribution >= 0.6 is 11.3 Å². The zero-order chi connectivity index (χ0) is 15.4. The second-order valence-corrected chi connectivity index (χ2v) is 6.66. The number of aliphatic hydroxyl groups excluding tert-OH is 1. The third-order valence-electron chi connectivity index (χ3n) is 4.31. The fourth-order valence-electron chi connectivity index (χ4n) is 2.94. The summed E-state index contributed by atoms with van der Waals surface area (Å²) in [5, 5.41) is 15.6. The number of aliphatic hydroxyl groups is 1. The van der Waals surface area contributed by atoms with Gasteiger partial charge in [0, 0.05) is 44.8 Å². The Morgan fingerprint density at radius 3 is 2.82 bits per heavy atom. The molecule has 1 aliphatic heterocycles. The molecule has 22 heavy (non-hydrogen) atoms. The van der Waals surface area contributed by atoms with Crippen molar-refractivity contribution in [1.82, 2.24) is 15.0 Å². The maximum Gasteiger partial charge on any atom is 0.177 e. The summed E-state index contributed by atoms with van der Waals surface area (Å²) in [4.78, 5) is 5.91. The minimum Gasteiger partial charge on any atom is -0.395 e. The number of hydrogen-bond donors (Lipinski definition) is 1. The Morgan fingerprint density at radius 2 is 2.18 bits per heavy atom. The summed E-state index contributed by atoms with van der Waals surface area (Å²) in [6.07, 6.45) is 1.00. The Labute approximate surface area is 135 Å². The molecule has 0 aromatic carbocycles. The first-order chi connectivity index (χ1) is 10.8. The van der Waals surface area contributed by atoms with Crippen LogP contribution < -0.4 is 0 Å². The van der Waals surface area contributed by atoms with E-state index >= 15 is 0 Å². The lowest BCUT2D eigenvalue weighted by Crippen LogP contribution is -2.50. The summed E-state index contributed by atoms with van der Waals surface area (Å²) in [5.41, 5.74) is 0.992. The second-order valence-electron chi connectivity index (χ2n) is 5.72. The smallest absolute Gasteiger partial charge is 0.177 e. The molecule has 1 aliphatic rings. The van der Waals surface area contributed by atoms with Gasteiger partial charge in [0.1, 0.15) is 0 Å². The number of aromatic nitrogens is 1. The van der Waals surface area contributed by atoms with Gasteiger partial charge < -0.3 is 9.63 Å². The van der Waals surface area contributed by atoms with E-state index < -0.39 is 0 Å². The molecule has 0 saturated carbocycles. The normalized spacial score (nSPS) is 18.6. The van der Waals surface area contributed by atoms with Crippen LogP contribution in [0.3, 0.4) is 0 Å². The molecule has 5 nitrogen and oxygen atoms in total. The summed E-state index contributed by atoms with van der Waals surface area (Å²) in [6.45, 7) is 7.26. The van der Waals surface area contributed by atoms with Gasteiger partial charge in [-0.25, -0.2) is 0 Å². The van der Waals surface area contributed by atoms with Gasteiger partial charge in [0.05, 0.1) is 17.2 Å². The molecule has 2 aromatic rings. The minimum atomic E-state index is 0.254. The number of nitrogens with zero attached hydrogens (tertiary/aromatic N) is 3. The summed E-state index contributed by atoms with van der Waals surface area (Å²) in [7, 11) is 0. The fraction of sp³-hybridized carbons (Fsp3) is 0.562. The molecule has 0 radical (unpaired) electrons. The molecule has 1 saturated heterocycles. The van der Waals surface area contributed by atoms with E-state index in [9.17, 15) is 5.11 Å². The molecule has 0 amide bonds. The molecule has 1 unspecified atom stereocenters. The summed E-state index contributed by atoms with van der Waals surface area (Å²) < 4.78 is 5.43. The highest BCUT2D eigenvalue weighted by atomic mass is 32.1.